The van der Waals surface area contributed by atoms with E-state index in [0.717, 1.165) is 17.7 Å². The molecule has 21 heavy (non-hydrogen) atoms. The van der Waals surface area contributed by atoms with Gasteiger partial charge in [-0.25, -0.2) is 0 Å². The molecule has 2 rings (SSSR count). The fourth-order valence-corrected chi connectivity index (χ4v) is 1.94. The van der Waals surface area contributed by atoms with Gasteiger partial charge in [0, 0.05) is 5.69 Å². The number of amides is 1. The Kier molecular flexibility index (Phi) is 4.94. The van der Waals surface area contributed by atoms with Crippen LogP contribution in [0.1, 0.15) is 18.1 Å². The van der Waals surface area contributed by atoms with Crippen LogP contribution in [0.4, 0.5) is 5.69 Å². The molecule has 0 aliphatic rings. The number of ether oxygens (including phenoxy) is 1. The molecule has 0 saturated carbocycles. The van der Waals surface area contributed by atoms with E-state index in [1.807, 2.05) is 37.3 Å². The number of nitrogens with zero attached hydrogens (tertiary/aromatic N) is 1. The number of rotatable bonds is 5. The zero-order valence-corrected chi connectivity index (χ0v) is 11.8. The van der Waals surface area contributed by atoms with Gasteiger partial charge in [0.25, 0.3) is 5.91 Å². The lowest BCUT2D eigenvalue weighted by Gasteiger charge is -2.10. The lowest BCUT2D eigenvalue weighted by atomic mass is 10.1. The van der Waals surface area contributed by atoms with E-state index in [4.69, 9.17) is 10.00 Å². The predicted molar refractivity (Wildman–Crippen MR) is 81.1 cm³/mol. The molecule has 0 spiro atoms. The van der Waals surface area contributed by atoms with Gasteiger partial charge >= 0.3 is 0 Å². The molecule has 106 valence electrons. The van der Waals surface area contributed by atoms with Crippen LogP contribution in [0.5, 0.6) is 5.75 Å². The highest BCUT2D eigenvalue weighted by molar-refractivity contribution is 5.92. The quantitative estimate of drug-likeness (QED) is 0.915. The second kappa shape index (κ2) is 7.11. The van der Waals surface area contributed by atoms with Crippen molar-refractivity contribution < 1.29 is 9.53 Å². The molecule has 4 nitrogen and oxygen atoms in total. The monoisotopic (exact) mass is 280 g/mol. The van der Waals surface area contributed by atoms with Crippen LogP contribution >= 0.6 is 0 Å². The average molecular weight is 280 g/mol. The summed E-state index contributed by atoms with van der Waals surface area (Å²) in [7, 11) is 0. The number of benzene rings is 2. The average Bonchev–Trinajstić information content (AvgIpc) is 2.53. The van der Waals surface area contributed by atoms with Crippen molar-refractivity contribution >= 4 is 11.6 Å². The van der Waals surface area contributed by atoms with Gasteiger partial charge in [0.05, 0.1) is 11.6 Å². The summed E-state index contributed by atoms with van der Waals surface area (Å²) in [6, 6.07) is 16.4. The van der Waals surface area contributed by atoms with E-state index in [9.17, 15) is 4.79 Å². The van der Waals surface area contributed by atoms with E-state index in [-0.39, 0.29) is 12.5 Å². The Morgan fingerprint density at radius 3 is 2.81 bits per heavy atom. The molecule has 0 aromatic heterocycles. The third kappa shape index (κ3) is 4.08. The molecule has 0 fully saturated rings. The highest BCUT2D eigenvalue weighted by atomic mass is 16.5. The van der Waals surface area contributed by atoms with E-state index in [2.05, 4.69) is 5.32 Å². The smallest absolute Gasteiger partial charge is 0.262 e. The van der Waals surface area contributed by atoms with Gasteiger partial charge in [-0.1, -0.05) is 31.2 Å². The molecule has 0 aliphatic carbocycles. The van der Waals surface area contributed by atoms with Gasteiger partial charge in [-0.2, -0.15) is 5.26 Å². The molecule has 0 radical (unpaired) electrons. The third-order valence-electron chi connectivity index (χ3n) is 3.01. The lowest BCUT2D eigenvalue weighted by Crippen LogP contribution is -2.20. The first kappa shape index (κ1) is 14.6. The van der Waals surface area contributed by atoms with Crippen LogP contribution in [-0.2, 0) is 11.2 Å². The van der Waals surface area contributed by atoms with Crippen LogP contribution in [0.3, 0.4) is 0 Å². The summed E-state index contributed by atoms with van der Waals surface area (Å²) in [6.07, 6.45) is 0.849. The maximum absolute atomic E-state index is 11.9. The molecular weight excluding hydrogens is 264 g/mol. The van der Waals surface area contributed by atoms with Crippen LogP contribution in [0.25, 0.3) is 0 Å². The maximum Gasteiger partial charge on any atom is 0.262 e. The summed E-state index contributed by atoms with van der Waals surface area (Å²) >= 11 is 0. The molecule has 0 atom stereocenters. The number of anilines is 1. The van der Waals surface area contributed by atoms with Crippen LogP contribution in [0.15, 0.2) is 48.5 Å². The minimum Gasteiger partial charge on any atom is -0.484 e. The molecule has 4 heteroatoms. The number of aryl methyl sites for hydroxylation is 1. The standard InChI is InChI=1S/C17H16N2O2/c1-2-14-7-3-4-9-16(14)19-17(20)12-21-15-8-5-6-13(10-15)11-18/h3-10H,2,12H2,1H3,(H,19,20). The van der Waals surface area contributed by atoms with Crippen LogP contribution in [0.2, 0.25) is 0 Å². The molecule has 0 saturated heterocycles. The Balaban J connectivity index is 1.94. The molecule has 0 aliphatic heterocycles. The molecule has 2 aromatic rings. The molecule has 0 unspecified atom stereocenters. The minimum atomic E-state index is -0.224. The number of nitriles is 1. The van der Waals surface area contributed by atoms with Crippen LogP contribution in [0, 0.1) is 11.3 Å². The molecule has 1 amide bonds. The van der Waals surface area contributed by atoms with E-state index >= 15 is 0 Å². The van der Waals surface area contributed by atoms with Gasteiger partial charge in [-0.15, -0.1) is 0 Å². The van der Waals surface area contributed by atoms with E-state index < -0.39 is 0 Å². The van der Waals surface area contributed by atoms with Crippen molar-refractivity contribution in [1.29, 1.82) is 5.26 Å². The fourth-order valence-electron chi connectivity index (χ4n) is 1.94. The third-order valence-corrected chi connectivity index (χ3v) is 3.01. The zero-order valence-electron chi connectivity index (χ0n) is 11.8. The number of hydrogen-bond donors (Lipinski definition) is 1. The molecule has 0 heterocycles. The molecular formula is C17H16N2O2. The van der Waals surface area contributed by atoms with Crippen LogP contribution < -0.4 is 10.1 Å². The Bertz CT molecular complexity index is 674. The van der Waals surface area contributed by atoms with Gasteiger partial charge < -0.3 is 10.1 Å². The van der Waals surface area contributed by atoms with Gasteiger partial charge in [-0.3, -0.25) is 4.79 Å². The Morgan fingerprint density at radius 2 is 2.05 bits per heavy atom. The van der Waals surface area contributed by atoms with E-state index in [1.165, 1.54) is 0 Å². The van der Waals surface area contributed by atoms with Gasteiger partial charge in [0.1, 0.15) is 5.75 Å². The fraction of sp³-hybridized carbons (Fsp3) is 0.176. The zero-order chi connectivity index (χ0) is 15.1. The maximum atomic E-state index is 11.9. The number of carbonyl (C=O) groups excluding carboxylic acids is 1. The topological polar surface area (TPSA) is 62.1 Å². The van der Waals surface area contributed by atoms with Gasteiger partial charge in [0.15, 0.2) is 6.61 Å². The second-order valence-electron chi connectivity index (χ2n) is 4.49. The second-order valence-corrected chi connectivity index (χ2v) is 4.49. The summed E-state index contributed by atoms with van der Waals surface area (Å²) in [5.74, 6) is 0.284. The van der Waals surface area contributed by atoms with Crippen molar-refractivity contribution in [3.63, 3.8) is 0 Å². The molecule has 1 N–H and O–H groups in total. The van der Waals surface area contributed by atoms with E-state index in [1.54, 1.807) is 24.3 Å². The molecule has 2 aromatic carbocycles. The van der Waals surface area contributed by atoms with E-state index in [0.29, 0.717) is 11.3 Å². The summed E-state index contributed by atoms with van der Waals surface area (Å²) in [6.45, 7) is 1.95. The minimum absolute atomic E-state index is 0.0903. The van der Waals surface area contributed by atoms with Crippen molar-refractivity contribution in [3.05, 3.63) is 59.7 Å². The van der Waals surface area contributed by atoms with Crippen molar-refractivity contribution in [1.82, 2.24) is 0 Å². The Morgan fingerprint density at radius 1 is 1.24 bits per heavy atom. The number of para-hydroxylation sites is 1. The largest absolute Gasteiger partial charge is 0.484 e. The first-order valence-electron chi connectivity index (χ1n) is 6.73. The number of nitrogens with one attached hydrogen (secondary N) is 1. The van der Waals surface area contributed by atoms with Gasteiger partial charge in [0.2, 0.25) is 0 Å². The number of carbonyl (C=O) groups is 1. The molecule has 0 bridgehead atoms. The van der Waals surface area contributed by atoms with Crippen molar-refractivity contribution in [2.75, 3.05) is 11.9 Å². The predicted octanol–water partition coefficient (Wildman–Crippen LogP) is 3.14. The summed E-state index contributed by atoms with van der Waals surface area (Å²) < 4.78 is 5.39. The number of hydrogen-bond acceptors (Lipinski definition) is 3. The van der Waals surface area contributed by atoms with Gasteiger partial charge in [-0.05, 0) is 36.2 Å². The summed E-state index contributed by atoms with van der Waals surface area (Å²) in [4.78, 5) is 11.9. The first-order valence-corrected chi connectivity index (χ1v) is 6.73. The van der Waals surface area contributed by atoms with Crippen LogP contribution in [-0.4, -0.2) is 12.5 Å². The van der Waals surface area contributed by atoms with Crippen molar-refractivity contribution in [2.45, 2.75) is 13.3 Å². The lowest BCUT2D eigenvalue weighted by molar-refractivity contribution is -0.118. The summed E-state index contributed by atoms with van der Waals surface area (Å²) in [5, 5.41) is 11.6. The Labute approximate surface area is 124 Å². The van der Waals surface area contributed by atoms with Crippen molar-refractivity contribution in [2.24, 2.45) is 0 Å². The van der Waals surface area contributed by atoms with Crippen molar-refractivity contribution in [3.8, 4) is 11.8 Å². The first-order chi connectivity index (χ1) is 10.2. The highest BCUT2D eigenvalue weighted by Gasteiger charge is 2.06. The normalized spacial score (nSPS) is 9.71. The summed E-state index contributed by atoms with van der Waals surface area (Å²) in [5.41, 5.74) is 2.39. The Hall–Kier alpha value is -2.80. The SMILES string of the molecule is CCc1ccccc1NC(=O)COc1cccc(C#N)c1. The highest BCUT2D eigenvalue weighted by Crippen LogP contribution is 2.16.